The number of fused-ring (bicyclic) bond motifs is 4. The van der Waals surface area contributed by atoms with E-state index in [2.05, 4.69) is 46.2 Å². The quantitative estimate of drug-likeness (QED) is 0.0276. The molecule has 688 valence electrons. The molecule has 7 N–H and O–H groups in total. The first kappa shape index (κ1) is 93.7. The Bertz CT molecular complexity index is 6360. The highest BCUT2D eigenvalue weighted by atomic mass is 32.2. The van der Waals surface area contributed by atoms with Crippen LogP contribution in [0.2, 0.25) is 0 Å². The first-order chi connectivity index (χ1) is 63.0. The van der Waals surface area contributed by atoms with Crippen molar-refractivity contribution in [3.63, 3.8) is 0 Å². The lowest BCUT2D eigenvalue weighted by Crippen LogP contribution is -2.41. The van der Waals surface area contributed by atoms with Gasteiger partial charge in [-0.15, -0.1) is 0 Å². The van der Waals surface area contributed by atoms with Crippen LogP contribution >= 0.6 is 0 Å². The number of aryl methyl sites for hydroxylation is 4. The maximum absolute atomic E-state index is 13.3. The van der Waals surface area contributed by atoms with Crippen LogP contribution in [-0.2, 0) is 73.8 Å². The van der Waals surface area contributed by atoms with Gasteiger partial charge in [0.25, 0.3) is 60.1 Å². The van der Waals surface area contributed by atoms with E-state index < -0.39 is 52.1 Å². The number of aromatic nitrogens is 9. The molecule has 5 aliphatic heterocycles. The second kappa shape index (κ2) is 41.9. The summed E-state index contributed by atoms with van der Waals surface area (Å²) in [5, 5.41) is 38.6. The first-order valence-corrected chi connectivity index (χ1v) is 43.6. The minimum atomic E-state index is -4.58. The number of imidazole rings is 4. The zero-order valence-corrected chi connectivity index (χ0v) is 71.2. The molecule has 0 bridgehead atoms. The molecule has 7 aromatic carbocycles. The summed E-state index contributed by atoms with van der Waals surface area (Å²) in [5.41, 5.74) is 6.73. The van der Waals surface area contributed by atoms with Gasteiger partial charge < -0.3 is 72.1 Å². The third-order valence-corrected chi connectivity index (χ3v) is 23.7. The van der Waals surface area contributed by atoms with Crippen molar-refractivity contribution >= 4 is 148 Å². The highest BCUT2D eigenvalue weighted by Crippen LogP contribution is 2.38. The van der Waals surface area contributed by atoms with Gasteiger partial charge in [-0.2, -0.15) is 13.2 Å². The molecule has 0 unspecified atom stereocenters. The molecule has 0 saturated carbocycles. The molecule has 12 aromatic rings. The van der Waals surface area contributed by atoms with E-state index in [0.717, 1.165) is 29.4 Å². The Morgan fingerprint density at radius 1 is 0.443 bits per heavy atom. The Kier molecular flexibility index (Phi) is 30.0. The molecule has 0 atom stereocenters. The fraction of sp³-hybridized carbons (Fsp3) is 0.337. The monoisotopic (exact) mass is 1830 g/mol. The normalized spacial score (nSPS) is 15.6. The number of carbonyl (C=O) groups is 8. The Labute approximate surface area is 742 Å². The molecular formula is C89H90F7N17O17S. The number of anilines is 8. The van der Waals surface area contributed by atoms with Gasteiger partial charge in [-0.05, 0) is 166 Å². The van der Waals surface area contributed by atoms with Gasteiger partial charge in [0.2, 0.25) is 23.8 Å². The van der Waals surface area contributed by atoms with E-state index in [1.807, 2.05) is 22.8 Å². The third-order valence-electron chi connectivity index (χ3n) is 22.0. The van der Waals surface area contributed by atoms with Crippen molar-refractivity contribution in [2.24, 2.45) is 0 Å². The van der Waals surface area contributed by atoms with Crippen LogP contribution in [0.1, 0.15) is 115 Å². The van der Waals surface area contributed by atoms with E-state index in [-0.39, 0.29) is 145 Å². The molecule has 131 heavy (non-hydrogen) atoms. The van der Waals surface area contributed by atoms with Crippen molar-refractivity contribution in [3.05, 3.63) is 209 Å². The second-order valence-electron chi connectivity index (χ2n) is 30.7. The number of morpholine rings is 4. The SMILES string of the molecule is Cc1ccc(C(=O)Nc2nc3cc(N4CCOCC4=O)ccc3n2CCCO)cc1C(F)(F)F.O=C(Nc1nc2cc(N3CCOCC3=O)ccc2n1C1CCS(=O)(=O)CC1)c1cccc(C(F)F)c1.O=C(Nc1nc2cc(N3CCOCC3=O)ccc2n1CCCO)c1cccc(C(F)F)c1.O=C(Nc1nc2cc(N3CCOCC3=O)ccc2n1CCCO)c1cccnc1. The predicted octanol–water partition coefficient (Wildman–Crippen LogP) is 11.1. The number of carbonyl (C=O) groups excluding carboxylic acids is 8. The zero-order chi connectivity index (χ0) is 92.8. The molecule has 5 aromatic heterocycles. The Morgan fingerprint density at radius 3 is 1.14 bits per heavy atom. The van der Waals surface area contributed by atoms with Gasteiger partial charge in [-0.1, -0.05) is 30.3 Å². The fourth-order valence-electron chi connectivity index (χ4n) is 15.4. The van der Waals surface area contributed by atoms with Crippen LogP contribution in [0.15, 0.2) is 164 Å². The molecule has 0 radical (unpaired) electrons. The smallest absolute Gasteiger partial charge is 0.396 e. The topological polar surface area (TPSA) is 414 Å². The summed E-state index contributed by atoms with van der Waals surface area (Å²) in [7, 11) is -3.13. The second-order valence-corrected chi connectivity index (χ2v) is 33.0. The van der Waals surface area contributed by atoms with Crippen LogP contribution in [-0.4, -0.2) is 225 Å². The van der Waals surface area contributed by atoms with Crippen LogP contribution in [0.4, 0.5) is 77.3 Å². The van der Waals surface area contributed by atoms with Gasteiger partial charge in [0.1, 0.15) is 36.3 Å². The zero-order valence-electron chi connectivity index (χ0n) is 70.4. The van der Waals surface area contributed by atoms with Gasteiger partial charge in [-0.3, -0.25) is 64.6 Å². The van der Waals surface area contributed by atoms with Crippen LogP contribution in [0.5, 0.6) is 0 Å². The summed E-state index contributed by atoms with van der Waals surface area (Å²) in [6, 6.07) is 38.4. The summed E-state index contributed by atoms with van der Waals surface area (Å²) in [6.45, 7) is 5.91. The maximum Gasteiger partial charge on any atom is 0.416 e. The Balaban J connectivity index is 0.000000141. The van der Waals surface area contributed by atoms with Crippen molar-refractivity contribution in [2.75, 3.05) is 151 Å². The summed E-state index contributed by atoms with van der Waals surface area (Å²) in [5.74, 6) is -1.89. The van der Waals surface area contributed by atoms with Crippen molar-refractivity contribution in [3.8, 4) is 0 Å². The van der Waals surface area contributed by atoms with Gasteiger partial charge in [0, 0.05) is 135 Å². The minimum absolute atomic E-state index is 0.0119. The van der Waals surface area contributed by atoms with Gasteiger partial charge >= 0.3 is 6.18 Å². The van der Waals surface area contributed by atoms with Crippen molar-refractivity contribution in [2.45, 2.75) is 83.7 Å². The van der Waals surface area contributed by atoms with E-state index >= 15 is 0 Å². The van der Waals surface area contributed by atoms with E-state index in [1.165, 1.54) is 61.7 Å². The predicted molar refractivity (Wildman–Crippen MR) is 469 cm³/mol. The Morgan fingerprint density at radius 2 is 0.786 bits per heavy atom. The van der Waals surface area contributed by atoms with Gasteiger partial charge in [-0.25, -0.2) is 45.9 Å². The van der Waals surface area contributed by atoms with E-state index in [4.69, 9.17) is 18.9 Å². The summed E-state index contributed by atoms with van der Waals surface area (Å²) in [4.78, 5) is 128. The largest absolute Gasteiger partial charge is 0.416 e. The van der Waals surface area contributed by atoms with E-state index in [9.17, 15) is 92.8 Å². The van der Waals surface area contributed by atoms with Crippen molar-refractivity contribution in [1.29, 1.82) is 0 Å². The third kappa shape index (κ3) is 22.3. The number of halogens is 7. The molecule has 17 rings (SSSR count). The highest BCUT2D eigenvalue weighted by molar-refractivity contribution is 7.91. The number of sulfone groups is 1. The average Bonchev–Trinajstić information content (AvgIpc) is 1.60. The summed E-state index contributed by atoms with van der Waals surface area (Å²) in [6.07, 6.45) is -4.87. The number of aliphatic hydroxyl groups excluding tert-OH is 3. The molecule has 42 heteroatoms. The number of alkyl halides is 7. The number of benzene rings is 7. The van der Waals surface area contributed by atoms with Gasteiger partial charge in [0.05, 0.1) is 93.2 Å². The van der Waals surface area contributed by atoms with Crippen LogP contribution in [0.25, 0.3) is 44.1 Å². The number of amides is 8. The van der Waals surface area contributed by atoms with Gasteiger partial charge in [0.15, 0.2) is 0 Å². The van der Waals surface area contributed by atoms with E-state index in [0.29, 0.717) is 172 Å². The number of hydrogen-bond acceptors (Lipinski definition) is 22. The fourth-order valence-corrected chi connectivity index (χ4v) is 16.9. The number of ether oxygens (including phenoxy) is 4. The number of nitrogens with one attached hydrogen (secondary N) is 4. The lowest BCUT2D eigenvalue weighted by molar-refractivity contribution is -0.138. The molecule has 5 aliphatic rings. The van der Waals surface area contributed by atoms with Crippen LogP contribution in [0.3, 0.4) is 0 Å². The number of pyridine rings is 1. The molecule has 5 saturated heterocycles. The number of hydrogen-bond donors (Lipinski definition) is 7. The summed E-state index contributed by atoms with van der Waals surface area (Å²) >= 11 is 0. The lowest BCUT2D eigenvalue weighted by atomic mass is 10.0. The number of aliphatic hydroxyl groups is 3. The Hall–Kier alpha value is -13.5. The van der Waals surface area contributed by atoms with E-state index in [1.54, 1.807) is 106 Å². The summed E-state index contributed by atoms with van der Waals surface area (Å²) < 4.78 is 144. The van der Waals surface area contributed by atoms with Crippen LogP contribution < -0.4 is 40.9 Å². The lowest BCUT2D eigenvalue weighted by Gasteiger charge is -2.27. The standard InChI is InChI=1S/C24H24F2N4O5S.C23H23F3N4O4.C22H22F2N4O4.C20H21N5O4/c25-22(26)15-2-1-3-16(12-15)23(32)28-24-27-19-13-18(29-8-9-35-14-21(29)31)4-5-20(19)30(24)17-6-10-36(33,34)11-7-17;1-14-3-4-15(11-17(14)23(24,25)26)21(33)28-22-27-18-12-16(29-8-10-34-13-20(29)32)5-6-19(18)30(22)7-2-9-31;23-20(24)14-3-1-4-15(11-14)21(31)26-22-25-17-12-16(27-8-10-32-13-19(27)30)5-6-18(17)28(22)7-2-9-29;26-9-2-7-25-17-5-4-15(24-8-10-29-13-18(24)27)11-16(17)22-20(25)23-19(28)14-3-1-6-21-12-14/h1-5,12-13,17,22H,6-11,14H2,(H,27,28,32);3-6,11-12,31H,2,7-10,13H2,1H3,(H,27,28,33);1,3-6,11-12,20,29H,2,7-10,13H2,(H,25,26,31);1,3-6,11-12,26H,2,7-10,13H2,(H,22,23,28). The number of rotatable bonds is 24. The molecule has 10 heterocycles. The molecule has 0 aliphatic carbocycles. The molecule has 0 spiro atoms. The van der Waals surface area contributed by atoms with Crippen molar-refractivity contribution < 1.29 is 112 Å². The minimum Gasteiger partial charge on any atom is -0.396 e. The molecule has 5 fully saturated rings. The van der Waals surface area contributed by atoms with Crippen LogP contribution in [0, 0.1) is 6.92 Å². The molecular weight excluding hydrogens is 1740 g/mol. The molecule has 8 amide bonds. The number of nitrogens with zero attached hydrogens (tertiary/aromatic N) is 13. The highest BCUT2D eigenvalue weighted by Gasteiger charge is 2.35. The van der Waals surface area contributed by atoms with Crippen molar-refractivity contribution in [1.82, 2.24) is 43.2 Å². The maximum atomic E-state index is 13.3. The first-order valence-electron chi connectivity index (χ1n) is 41.7. The molecule has 34 nitrogen and oxygen atoms in total. The average molecular weight is 1830 g/mol.